The molecule has 9 heteroatoms. The number of rotatable bonds is 2. The van der Waals surface area contributed by atoms with Gasteiger partial charge in [-0.25, -0.2) is 0 Å². The van der Waals surface area contributed by atoms with Gasteiger partial charge in [0.2, 0.25) is 10.4 Å². The van der Waals surface area contributed by atoms with Crippen molar-refractivity contribution in [2.45, 2.75) is 5.51 Å². The lowest BCUT2D eigenvalue weighted by atomic mass is 10.2. The van der Waals surface area contributed by atoms with Gasteiger partial charge in [-0.1, -0.05) is 12.1 Å². The highest BCUT2D eigenvalue weighted by atomic mass is 79.9. The molecule has 98 valence electrons. The van der Waals surface area contributed by atoms with Gasteiger partial charge < -0.3 is 8.60 Å². The van der Waals surface area contributed by atoms with Crippen LogP contribution >= 0.6 is 15.9 Å². The fourth-order valence-electron chi connectivity index (χ4n) is 1.23. The Labute approximate surface area is 108 Å². The molecule has 0 atom stereocenters. The number of alkyl halides is 3. The summed E-state index contributed by atoms with van der Waals surface area (Å²) in [6.07, 6.45) is 0. The Balaban J connectivity index is 2.54. The predicted molar refractivity (Wildman–Crippen MR) is 59.5 cm³/mol. The van der Waals surface area contributed by atoms with Crippen molar-refractivity contribution in [2.75, 3.05) is 0 Å². The fraction of sp³-hybridized carbons (Fsp3) is 0.111. The van der Waals surface area contributed by atoms with Gasteiger partial charge in [-0.05, 0) is 28.1 Å². The van der Waals surface area contributed by atoms with Crippen LogP contribution in [0.25, 0.3) is 11.0 Å². The lowest BCUT2D eigenvalue weighted by Crippen LogP contribution is -2.28. The van der Waals surface area contributed by atoms with E-state index in [0.717, 1.165) is 0 Å². The second-order valence-electron chi connectivity index (χ2n) is 3.18. The molecule has 0 bridgehead atoms. The van der Waals surface area contributed by atoms with E-state index in [1.807, 2.05) is 0 Å². The highest BCUT2D eigenvalue weighted by Gasteiger charge is 2.49. The van der Waals surface area contributed by atoms with E-state index in [-0.39, 0.29) is 15.6 Å². The van der Waals surface area contributed by atoms with Gasteiger partial charge in [0.15, 0.2) is 0 Å². The number of hydrogen-bond donors (Lipinski definition) is 0. The fourth-order valence-corrected chi connectivity index (χ4v) is 2.28. The van der Waals surface area contributed by atoms with Gasteiger partial charge in [0.05, 0.1) is 5.39 Å². The van der Waals surface area contributed by atoms with E-state index >= 15 is 0 Å². The largest absolute Gasteiger partial charge is 0.534 e. The molecule has 0 unspecified atom stereocenters. The van der Waals surface area contributed by atoms with Crippen molar-refractivity contribution in [1.29, 1.82) is 0 Å². The summed E-state index contributed by atoms with van der Waals surface area (Å²) in [4.78, 5) is 0. The van der Waals surface area contributed by atoms with E-state index in [1.165, 1.54) is 18.2 Å². The first-order chi connectivity index (χ1) is 8.22. The SMILES string of the molecule is O=S(=O)(Oc1c(Br)oc2ccccc12)C(F)(F)F. The molecule has 0 fully saturated rings. The lowest BCUT2D eigenvalue weighted by molar-refractivity contribution is -0.0500. The Morgan fingerprint density at radius 3 is 2.44 bits per heavy atom. The Kier molecular flexibility index (Phi) is 3.06. The molecule has 1 heterocycles. The minimum absolute atomic E-state index is 0.122. The maximum Gasteiger partial charge on any atom is 0.534 e. The first-order valence-corrected chi connectivity index (χ1v) is 6.60. The average Bonchev–Trinajstić information content (AvgIpc) is 2.54. The molecule has 0 aliphatic rings. The zero-order valence-electron chi connectivity index (χ0n) is 8.36. The molecule has 1 aromatic heterocycles. The van der Waals surface area contributed by atoms with Crippen LogP contribution in [0, 0.1) is 0 Å². The molecule has 0 aliphatic heterocycles. The van der Waals surface area contributed by atoms with Gasteiger partial charge in [-0.2, -0.15) is 21.6 Å². The minimum atomic E-state index is -5.72. The van der Waals surface area contributed by atoms with Crippen molar-refractivity contribution in [3.05, 3.63) is 28.9 Å². The monoisotopic (exact) mass is 344 g/mol. The summed E-state index contributed by atoms with van der Waals surface area (Å²) in [5.74, 6) is -0.525. The quantitative estimate of drug-likeness (QED) is 0.618. The van der Waals surface area contributed by atoms with Crippen LogP contribution in [0.2, 0.25) is 0 Å². The maximum absolute atomic E-state index is 12.2. The van der Waals surface area contributed by atoms with Crippen LogP contribution in [0.1, 0.15) is 0 Å². The Bertz CT molecular complexity index is 689. The molecule has 4 nitrogen and oxygen atoms in total. The summed E-state index contributed by atoms with van der Waals surface area (Å²) in [7, 11) is -5.72. The van der Waals surface area contributed by atoms with Gasteiger partial charge in [-0.3, -0.25) is 0 Å². The topological polar surface area (TPSA) is 56.5 Å². The van der Waals surface area contributed by atoms with Crippen molar-refractivity contribution in [1.82, 2.24) is 0 Å². The first kappa shape index (κ1) is 13.2. The standard InChI is InChI=1S/C9H4BrF3O4S/c10-8-7(17-18(14,15)9(11,12)13)5-3-1-2-4-6(5)16-8/h1-4H. The van der Waals surface area contributed by atoms with Crippen LogP contribution in [-0.4, -0.2) is 13.9 Å². The zero-order valence-corrected chi connectivity index (χ0v) is 10.8. The van der Waals surface area contributed by atoms with E-state index in [0.29, 0.717) is 0 Å². The summed E-state index contributed by atoms with van der Waals surface area (Å²) in [6, 6.07) is 5.94. The third kappa shape index (κ3) is 2.19. The van der Waals surface area contributed by atoms with Crippen molar-refractivity contribution in [2.24, 2.45) is 0 Å². The van der Waals surface area contributed by atoms with Crippen LogP contribution in [-0.2, 0) is 10.1 Å². The van der Waals surface area contributed by atoms with Crippen molar-refractivity contribution >= 4 is 37.0 Å². The van der Waals surface area contributed by atoms with E-state index in [4.69, 9.17) is 4.42 Å². The van der Waals surface area contributed by atoms with Gasteiger partial charge in [0.25, 0.3) is 0 Å². The number of furan rings is 1. The predicted octanol–water partition coefficient (Wildman–Crippen LogP) is 3.42. The number of para-hydroxylation sites is 1. The second kappa shape index (κ2) is 4.16. The number of benzene rings is 1. The summed E-state index contributed by atoms with van der Waals surface area (Å²) >= 11 is 2.81. The average molecular weight is 345 g/mol. The molecule has 0 saturated carbocycles. The van der Waals surface area contributed by atoms with Crippen molar-refractivity contribution in [3.8, 4) is 5.75 Å². The first-order valence-electron chi connectivity index (χ1n) is 4.40. The number of hydrogen-bond acceptors (Lipinski definition) is 4. The van der Waals surface area contributed by atoms with Crippen LogP contribution in [0.5, 0.6) is 5.75 Å². The van der Waals surface area contributed by atoms with E-state index < -0.39 is 21.4 Å². The molecular weight excluding hydrogens is 341 g/mol. The lowest BCUT2D eigenvalue weighted by Gasteiger charge is -2.08. The van der Waals surface area contributed by atoms with E-state index in [9.17, 15) is 21.6 Å². The number of fused-ring (bicyclic) bond motifs is 1. The molecule has 0 saturated heterocycles. The molecular formula is C9H4BrF3O4S. The van der Waals surface area contributed by atoms with E-state index in [2.05, 4.69) is 20.1 Å². The Morgan fingerprint density at radius 1 is 1.22 bits per heavy atom. The third-order valence-corrected chi connectivity index (χ3v) is 3.46. The number of halogens is 4. The molecule has 0 N–H and O–H groups in total. The Hall–Kier alpha value is -1.22. The zero-order chi connectivity index (χ0) is 13.6. The van der Waals surface area contributed by atoms with Crippen LogP contribution < -0.4 is 4.18 Å². The Morgan fingerprint density at radius 2 is 1.83 bits per heavy atom. The summed E-state index contributed by atoms with van der Waals surface area (Å²) in [5.41, 5.74) is -5.29. The molecule has 0 spiro atoms. The normalized spacial score (nSPS) is 12.9. The molecule has 0 aliphatic carbocycles. The van der Waals surface area contributed by atoms with Crippen LogP contribution in [0.3, 0.4) is 0 Å². The van der Waals surface area contributed by atoms with Gasteiger partial charge in [0.1, 0.15) is 5.58 Å². The van der Waals surface area contributed by atoms with Gasteiger partial charge >= 0.3 is 15.6 Å². The van der Waals surface area contributed by atoms with Crippen LogP contribution in [0.15, 0.2) is 33.4 Å². The summed E-state index contributed by atoms with van der Waals surface area (Å²) in [6.45, 7) is 0. The third-order valence-electron chi connectivity index (χ3n) is 1.99. The smallest absolute Gasteiger partial charge is 0.445 e. The molecule has 2 rings (SSSR count). The van der Waals surface area contributed by atoms with Crippen LogP contribution in [0.4, 0.5) is 13.2 Å². The van der Waals surface area contributed by atoms with Crippen molar-refractivity contribution < 1.29 is 30.2 Å². The molecule has 18 heavy (non-hydrogen) atoms. The van der Waals surface area contributed by atoms with Crippen molar-refractivity contribution in [3.63, 3.8) is 0 Å². The highest BCUT2D eigenvalue weighted by molar-refractivity contribution is 9.10. The maximum atomic E-state index is 12.2. The van der Waals surface area contributed by atoms with Gasteiger partial charge in [-0.15, -0.1) is 0 Å². The highest BCUT2D eigenvalue weighted by Crippen LogP contribution is 2.39. The molecule has 0 radical (unpaired) electrons. The molecule has 0 amide bonds. The summed E-state index contributed by atoms with van der Waals surface area (Å²) in [5, 5.41) is 0.122. The van der Waals surface area contributed by atoms with E-state index in [1.54, 1.807) is 6.07 Å². The minimum Gasteiger partial charge on any atom is -0.445 e. The molecule has 1 aromatic carbocycles. The summed E-state index contributed by atoms with van der Waals surface area (Å²) < 4.78 is 67.3. The van der Waals surface area contributed by atoms with Gasteiger partial charge in [0, 0.05) is 0 Å². The molecule has 2 aromatic rings. The second-order valence-corrected chi connectivity index (χ2v) is 5.44.